The van der Waals surface area contributed by atoms with Crippen molar-refractivity contribution in [3.8, 4) is 0 Å². The van der Waals surface area contributed by atoms with Gasteiger partial charge in [-0.1, -0.05) is 11.6 Å². The largest absolute Gasteiger partial charge is 0.368 e. The standard InChI is InChI=1S/C15H22N4O/c1-2-16-15(20)13-8-9-14(19-18-13)17-11-10-12-6-4-3-5-7-12/h6,8-9H,2-5,7,10-11H2,1H3,(H,16,20)(H,17,19). The lowest BCUT2D eigenvalue weighted by atomic mass is 9.97. The summed E-state index contributed by atoms with van der Waals surface area (Å²) in [7, 11) is 0. The van der Waals surface area contributed by atoms with Crippen molar-refractivity contribution in [1.82, 2.24) is 15.5 Å². The monoisotopic (exact) mass is 274 g/mol. The number of aromatic nitrogens is 2. The van der Waals surface area contributed by atoms with Gasteiger partial charge in [-0.25, -0.2) is 0 Å². The Balaban J connectivity index is 1.78. The summed E-state index contributed by atoms with van der Waals surface area (Å²) in [4.78, 5) is 11.5. The summed E-state index contributed by atoms with van der Waals surface area (Å²) in [5.74, 6) is 0.536. The second kappa shape index (κ2) is 7.62. The predicted octanol–water partition coefficient (Wildman–Crippen LogP) is 2.53. The van der Waals surface area contributed by atoms with Gasteiger partial charge in [0, 0.05) is 13.1 Å². The maximum absolute atomic E-state index is 11.5. The van der Waals surface area contributed by atoms with E-state index in [-0.39, 0.29) is 5.91 Å². The van der Waals surface area contributed by atoms with Crippen LogP contribution in [0.2, 0.25) is 0 Å². The molecule has 0 saturated carbocycles. The molecule has 1 aromatic rings. The van der Waals surface area contributed by atoms with Crippen LogP contribution >= 0.6 is 0 Å². The van der Waals surface area contributed by atoms with E-state index in [4.69, 9.17) is 0 Å². The Morgan fingerprint density at radius 2 is 2.20 bits per heavy atom. The molecule has 0 atom stereocenters. The summed E-state index contributed by atoms with van der Waals surface area (Å²) < 4.78 is 0. The van der Waals surface area contributed by atoms with Crippen LogP contribution in [-0.2, 0) is 0 Å². The van der Waals surface area contributed by atoms with Crippen LogP contribution in [0.5, 0.6) is 0 Å². The van der Waals surface area contributed by atoms with E-state index in [1.165, 1.54) is 31.3 Å². The molecular formula is C15H22N4O. The Morgan fingerprint density at radius 3 is 2.85 bits per heavy atom. The first-order valence-electron chi connectivity index (χ1n) is 7.33. The summed E-state index contributed by atoms with van der Waals surface area (Å²) in [6.45, 7) is 3.33. The van der Waals surface area contributed by atoms with E-state index in [1.807, 2.05) is 6.92 Å². The quantitative estimate of drug-likeness (QED) is 0.782. The molecule has 0 fully saturated rings. The van der Waals surface area contributed by atoms with E-state index in [0.29, 0.717) is 12.2 Å². The van der Waals surface area contributed by atoms with E-state index < -0.39 is 0 Å². The van der Waals surface area contributed by atoms with Crippen LogP contribution in [0, 0.1) is 0 Å². The van der Waals surface area contributed by atoms with Crippen LogP contribution in [-0.4, -0.2) is 29.2 Å². The van der Waals surface area contributed by atoms with Gasteiger partial charge in [-0.15, -0.1) is 10.2 Å². The first kappa shape index (κ1) is 14.5. The highest BCUT2D eigenvalue weighted by atomic mass is 16.1. The predicted molar refractivity (Wildman–Crippen MR) is 79.7 cm³/mol. The fourth-order valence-electron chi connectivity index (χ4n) is 2.28. The van der Waals surface area contributed by atoms with Crippen molar-refractivity contribution < 1.29 is 4.79 Å². The zero-order chi connectivity index (χ0) is 14.2. The number of anilines is 1. The number of carbonyl (C=O) groups is 1. The topological polar surface area (TPSA) is 66.9 Å². The molecule has 1 amide bonds. The van der Waals surface area contributed by atoms with Crippen molar-refractivity contribution in [3.05, 3.63) is 29.5 Å². The number of rotatable bonds is 6. The molecule has 0 aliphatic heterocycles. The molecule has 0 spiro atoms. The molecule has 20 heavy (non-hydrogen) atoms. The Morgan fingerprint density at radius 1 is 1.30 bits per heavy atom. The Bertz CT molecular complexity index is 467. The zero-order valence-electron chi connectivity index (χ0n) is 12.0. The average molecular weight is 274 g/mol. The van der Waals surface area contributed by atoms with Gasteiger partial charge in [-0.3, -0.25) is 4.79 Å². The Kier molecular flexibility index (Phi) is 5.53. The lowest BCUT2D eigenvalue weighted by molar-refractivity contribution is 0.0950. The number of carbonyl (C=O) groups excluding carboxylic acids is 1. The number of hydrogen-bond acceptors (Lipinski definition) is 4. The Hall–Kier alpha value is -1.91. The number of nitrogens with one attached hydrogen (secondary N) is 2. The molecule has 0 radical (unpaired) electrons. The van der Waals surface area contributed by atoms with E-state index in [9.17, 15) is 4.79 Å². The normalized spacial score (nSPS) is 14.6. The number of hydrogen-bond donors (Lipinski definition) is 2. The van der Waals surface area contributed by atoms with Crippen LogP contribution in [0.25, 0.3) is 0 Å². The van der Waals surface area contributed by atoms with Gasteiger partial charge in [0.1, 0.15) is 5.82 Å². The molecule has 1 heterocycles. The minimum atomic E-state index is -0.182. The number of allylic oxidation sites excluding steroid dienone is 1. The first-order valence-corrected chi connectivity index (χ1v) is 7.33. The van der Waals surface area contributed by atoms with E-state index >= 15 is 0 Å². The third kappa shape index (κ3) is 4.33. The van der Waals surface area contributed by atoms with Crippen LogP contribution in [0.4, 0.5) is 5.82 Å². The van der Waals surface area contributed by atoms with Gasteiger partial charge in [0.25, 0.3) is 5.91 Å². The second-order valence-corrected chi connectivity index (χ2v) is 4.95. The fourth-order valence-corrected chi connectivity index (χ4v) is 2.28. The zero-order valence-corrected chi connectivity index (χ0v) is 12.0. The highest BCUT2D eigenvalue weighted by Crippen LogP contribution is 2.19. The number of nitrogens with zero attached hydrogens (tertiary/aromatic N) is 2. The van der Waals surface area contributed by atoms with Crippen molar-refractivity contribution in [2.75, 3.05) is 18.4 Å². The van der Waals surface area contributed by atoms with Crippen molar-refractivity contribution in [2.45, 2.75) is 39.0 Å². The van der Waals surface area contributed by atoms with Gasteiger partial charge in [-0.05, 0) is 51.2 Å². The minimum absolute atomic E-state index is 0.182. The molecule has 2 N–H and O–H groups in total. The van der Waals surface area contributed by atoms with Gasteiger partial charge in [-0.2, -0.15) is 0 Å². The SMILES string of the molecule is CCNC(=O)c1ccc(NCCC2=CCCCC2)nn1. The van der Waals surface area contributed by atoms with Crippen molar-refractivity contribution in [3.63, 3.8) is 0 Å². The highest BCUT2D eigenvalue weighted by Gasteiger charge is 2.07. The maximum atomic E-state index is 11.5. The van der Waals surface area contributed by atoms with E-state index in [0.717, 1.165) is 18.8 Å². The van der Waals surface area contributed by atoms with Crippen molar-refractivity contribution in [1.29, 1.82) is 0 Å². The van der Waals surface area contributed by atoms with Crippen LogP contribution < -0.4 is 10.6 Å². The molecule has 0 aromatic carbocycles. The van der Waals surface area contributed by atoms with Crippen molar-refractivity contribution >= 4 is 11.7 Å². The fraction of sp³-hybridized carbons (Fsp3) is 0.533. The molecule has 1 aromatic heterocycles. The van der Waals surface area contributed by atoms with Crippen LogP contribution in [0.1, 0.15) is 49.5 Å². The van der Waals surface area contributed by atoms with E-state index in [1.54, 1.807) is 12.1 Å². The molecule has 2 rings (SSSR count). The second-order valence-electron chi connectivity index (χ2n) is 4.95. The van der Waals surface area contributed by atoms with Gasteiger partial charge in [0.05, 0.1) is 0 Å². The van der Waals surface area contributed by atoms with Gasteiger partial charge in [0.2, 0.25) is 0 Å². The highest BCUT2D eigenvalue weighted by molar-refractivity contribution is 5.92. The summed E-state index contributed by atoms with van der Waals surface area (Å²) in [6.07, 6.45) is 8.49. The Labute approximate surface area is 119 Å². The van der Waals surface area contributed by atoms with Crippen LogP contribution in [0.15, 0.2) is 23.8 Å². The lowest BCUT2D eigenvalue weighted by Crippen LogP contribution is -2.24. The van der Waals surface area contributed by atoms with Gasteiger partial charge >= 0.3 is 0 Å². The summed E-state index contributed by atoms with van der Waals surface area (Å²) in [6, 6.07) is 3.49. The molecule has 0 unspecified atom stereocenters. The summed E-state index contributed by atoms with van der Waals surface area (Å²) in [5, 5.41) is 13.9. The molecule has 5 nitrogen and oxygen atoms in total. The molecule has 5 heteroatoms. The van der Waals surface area contributed by atoms with Gasteiger partial charge < -0.3 is 10.6 Å². The maximum Gasteiger partial charge on any atom is 0.271 e. The lowest BCUT2D eigenvalue weighted by Gasteiger charge is -2.13. The first-order chi connectivity index (χ1) is 9.79. The van der Waals surface area contributed by atoms with Gasteiger partial charge in [0.15, 0.2) is 5.69 Å². The molecule has 1 aliphatic rings. The number of amides is 1. The van der Waals surface area contributed by atoms with E-state index in [2.05, 4.69) is 26.9 Å². The summed E-state index contributed by atoms with van der Waals surface area (Å²) in [5.41, 5.74) is 1.89. The molecule has 0 bridgehead atoms. The molecule has 108 valence electrons. The van der Waals surface area contributed by atoms with Crippen LogP contribution in [0.3, 0.4) is 0 Å². The smallest absolute Gasteiger partial charge is 0.271 e. The summed E-state index contributed by atoms with van der Waals surface area (Å²) >= 11 is 0. The molecule has 1 aliphatic carbocycles. The molecule has 0 saturated heterocycles. The average Bonchev–Trinajstić information content (AvgIpc) is 2.49. The third-order valence-corrected chi connectivity index (χ3v) is 3.37. The van der Waals surface area contributed by atoms with Crippen molar-refractivity contribution in [2.24, 2.45) is 0 Å². The minimum Gasteiger partial charge on any atom is -0.368 e. The molecular weight excluding hydrogens is 252 g/mol. The third-order valence-electron chi connectivity index (χ3n) is 3.37.